The largest absolute Gasteiger partial charge is 0.484 e. The number of carbonyl (C=O) groups excluding carboxylic acids is 2. The van der Waals surface area contributed by atoms with Gasteiger partial charge in [0.1, 0.15) is 5.75 Å². The van der Waals surface area contributed by atoms with Gasteiger partial charge in [-0.3, -0.25) is 9.59 Å². The summed E-state index contributed by atoms with van der Waals surface area (Å²) in [6.07, 6.45) is 0.708. The molecule has 96 valence electrons. The van der Waals surface area contributed by atoms with Crippen LogP contribution in [0.15, 0.2) is 24.3 Å². The van der Waals surface area contributed by atoms with Crippen LogP contribution in [0, 0.1) is 6.92 Å². The Morgan fingerprint density at radius 2 is 2.17 bits per heavy atom. The summed E-state index contributed by atoms with van der Waals surface area (Å²) >= 11 is 1.27. The summed E-state index contributed by atoms with van der Waals surface area (Å²) in [6.45, 7) is 1.93. The second-order valence-electron chi connectivity index (χ2n) is 4.18. The standard InChI is InChI=1S/C13H15NO3S/c1-9-2-4-10(5-3-9)17-8-12(15)14-11-6-7-18-13(11)16/h2-5,11H,6-8H2,1H3,(H,14,15). The Balaban J connectivity index is 1.78. The number of hydrogen-bond acceptors (Lipinski definition) is 4. The number of carbonyl (C=O) groups is 2. The third-order valence-electron chi connectivity index (χ3n) is 2.66. The predicted molar refractivity (Wildman–Crippen MR) is 70.7 cm³/mol. The summed E-state index contributed by atoms with van der Waals surface area (Å²) in [7, 11) is 0. The number of ether oxygens (including phenoxy) is 1. The van der Waals surface area contributed by atoms with Crippen LogP contribution in [0.5, 0.6) is 5.75 Å². The SMILES string of the molecule is Cc1ccc(OCC(=O)NC2CCSC2=O)cc1. The van der Waals surface area contributed by atoms with E-state index in [0.29, 0.717) is 12.2 Å². The summed E-state index contributed by atoms with van der Waals surface area (Å²) in [5.41, 5.74) is 1.14. The van der Waals surface area contributed by atoms with Crippen LogP contribution in [0.1, 0.15) is 12.0 Å². The number of hydrogen-bond donors (Lipinski definition) is 1. The average molecular weight is 265 g/mol. The molecule has 0 saturated carbocycles. The molecule has 1 aliphatic rings. The first-order chi connectivity index (χ1) is 8.65. The quantitative estimate of drug-likeness (QED) is 0.897. The van der Waals surface area contributed by atoms with E-state index in [9.17, 15) is 9.59 Å². The van der Waals surface area contributed by atoms with Gasteiger partial charge in [0, 0.05) is 5.75 Å². The summed E-state index contributed by atoms with van der Waals surface area (Å²) in [6, 6.07) is 7.14. The number of aryl methyl sites for hydroxylation is 1. The van der Waals surface area contributed by atoms with E-state index in [1.54, 1.807) is 0 Å². The summed E-state index contributed by atoms with van der Waals surface area (Å²) in [4.78, 5) is 22.9. The highest BCUT2D eigenvalue weighted by Crippen LogP contribution is 2.19. The number of thioether (sulfide) groups is 1. The molecule has 0 aliphatic carbocycles. The minimum atomic E-state index is -0.343. The maximum Gasteiger partial charge on any atom is 0.258 e. The van der Waals surface area contributed by atoms with E-state index in [2.05, 4.69) is 5.32 Å². The van der Waals surface area contributed by atoms with Crippen LogP contribution in [0.2, 0.25) is 0 Å². The van der Waals surface area contributed by atoms with Crippen molar-refractivity contribution >= 4 is 22.8 Å². The topological polar surface area (TPSA) is 55.4 Å². The molecule has 1 aromatic carbocycles. The van der Waals surface area contributed by atoms with Gasteiger partial charge in [0.2, 0.25) is 5.12 Å². The number of amides is 1. The van der Waals surface area contributed by atoms with E-state index in [1.165, 1.54) is 11.8 Å². The van der Waals surface area contributed by atoms with Gasteiger partial charge in [0.05, 0.1) is 6.04 Å². The highest BCUT2D eigenvalue weighted by atomic mass is 32.2. The van der Waals surface area contributed by atoms with Crippen molar-refractivity contribution in [1.82, 2.24) is 5.32 Å². The summed E-state index contributed by atoms with van der Waals surface area (Å²) in [5, 5.41) is 2.72. The molecule has 5 heteroatoms. The molecule has 0 spiro atoms. The molecular weight excluding hydrogens is 250 g/mol. The summed E-state index contributed by atoms with van der Waals surface area (Å²) in [5.74, 6) is 1.18. The number of benzene rings is 1. The Bertz CT molecular complexity index is 444. The Hall–Kier alpha value is -1.49. The van der Waals surface area contributed by atoms with Crippen LogP contribution in [0.25, 0.3) is 0 Å². The minimum absolute atomic E-state index is 0.0404. The lowest BCUT2D eigenvalue weighted by atomic mass is 10.2. The zero-order valence-corrected chi connectivity index (χ0v) is 11.0. The molecule has 0 bridgehead atoms. The predicted octanol–water partition coefficient (Wildman–Crippen LogP) is 1.52. The van der Waals surface area contributed by atoms with Gasteiger partial charge in [0.15, 0.2) is 6.61 Å². The first kappa shape index (κ1) is 13.0. The van der Waals surface area contributed by atoms with Gasteiger partial charge in [-0.15, -0.1) is 0 Å². The third kappa shape index (κ3) is 3.50. The zero-order chi connectivity index (χ0) is 13.0. The van der Waals surface area contributed by atoms with Crippen molar-refractivity contribution in [2.45, 2.75) is 19.4 Å². The lowest BCUT2D eigenvalue weighted by Gasteiger charge is -2.11. The Morgan fingerprint density at radius 3 is 2.78 bits per heavy atom. The molecule has 1 N–H and O–H groups in total. The fraction of sp³-hybridized carbons (Fsp3) is 0.385. The van der Waals surface area contributed by atoms with Crippen LogP contribution in [0.4, 0.5) is 0 Å². The smallest absolute Gasteiger partial charge is 0.258 e. The second kappa shape index (κ2) is 5.91. The maximum atomic E-state index is 11.6. The molecule has 0 radical (unpaired) electrons. The molecule has 1 amide bonds. The number of nitrogens with one attached hydrogen (secondary N) is 1. The normalized spacial score (nSPS) is 18.7. The number of rotatable bonds is 4. The molecule has 1 unspecified atom stereocenters. The molecule has 1 fully saturated rings. The lowest BCUT2D eigenvalue weighted by molar-refractivity contribution is -0.126. The van der Waals surface area contributed by atoms with Crippen molar-refractivity contribution in [1.29, 1.82) is 0 Å². The Kier molecular flexibility index (Phi) is 4.25. The molecule has 1 aromatic rings. The first-order valence-corrected chi connectivity index (χ1v) is 6.79. The van der Waals surface area contributed by atoms with E-state index >= 15 is 0 Å². The van der Waals surface area contributed by atoms with Gasteiger partial charge >= 0.3 is 0 Å². The fourth-order valence-corrected chi connectivity index (χ4v) is 2.58. The van der Waals surface area contributed by atoms with Crippen LogP contribution in [-0.4, -0.2) is 29.4 Å². The Morgan fingerprint density at radius 1 is 1.44 bits per heavy atom. The van der Waals surface area contributed by atoms with Gasteiger partial charge in [-0.05, 0) is 25.5 Å². The molecule has 1 atom stereocenters. The average Bonchev–Trinajstić information content (AvgIpc) is 2.74. The van der Waals surface area contributed by atoms with E-state index in [4.69, 9.17) is 4.74 Å². The highest BCUT2D eigenvalue weighted by molar-refractivity contribution is 8.14. The maximum absolute atomic E-state index is 11.6. The van der Waals surface area contributed by atoms with Crippen LogP contribution >= 0.6 is 11.8 Å². The Labute approximate surface area is 110 Å². The van der Waals surface area contributed by atoms with E-state index in [-0.39, 0.29) is 23.7 Å². The highest BCUT2D eigenvalue weighted by Gasteiger charge is 2.26. The third-order valence-corrected chi connectivity index (χ3v) is 3.67. The van der Waals surface area contributed by atoms with Gasteiger partial charge in [-0.1, -0.05) is 29.5 Å². The lowest BCUT2D eigenvalue weighted by Crippen LogP contribution is -2.39. The molecule has 2 rings (SSSR count). The van der Waals surface area contributed by atoms with Crippen molar-refractivity contribution in [2.24, 2.45) is 0 Å². The van der Waals surface area contributed by atoms with Gasteiger partial charge < -0.3 is 10.1 Å². The van der Waals surface area contributed by atoms with Gasteiger partial charge in [-0.2, -0.15) is 0 Å². The van der Waals surface area contributed by atoms with Gasteiger partial charge in [0.25, 0.3) is 5.91 Å². The van der Waals surface area contributed by atoms with Crippen molar-refractivity contribution < 1.29 is 14.3 Å². The fourth-order valence-electron chi connectivity index (χ4n) is 1.65. The van der Waals surface area contributed by atoms with Crippen LogP contribution < -0.4 is 10.1 Å². The van der Waals surface area contributed by atoms with Crippen molar-refractivity contribution in [3.05, 3.63) is 29.8 Å². The summed E-state index contributed by atoms with van der Waals surface area (Å²) < 4.78 is 5.34. The molecule has 1 heterocycles. The second-order valence-corrected chi connectivity index (χ2v) is 5.28. The van der Waals surface area contributed by atoms with Crippen LogP contribution in [0.3, 0.4) is 0 Å². The van der Waals surface area contributed by atoms with E-state index in [0.717, 1.165) is 11.3 Å². The van der Waals surface area contributed by atoms with Crippen LogP contribution in [-0.2, 0) is 9.59 Å². The van der Waals surface area contributed by atoms with Gasteiger partial charge in [-0.25, -0.2) is 0 Å². The first-order valence-electron chi connectivity index (χ1n) is 5.80. The molecule has 4 nitrogen and oxygen atoms in total. The molecule has 1 aliphatic heterocycles. The van der Waals surface area contributed by atoms with E-state index in [1.807, 2.05) is 31.2 Å². The molecule has 18 heavy (non-hydrogen) atoms. The van der Waals surface area contributed by atoms with Crippen molar-refractivity contribution in [3.63, 3.8) is 0 Å². The molecule has 0 aromatic heterocycles. The van der Waals surface area contributed by atoms with Crippen molar-refractivity contribution in [2.75, 3.05) is 12.4 Å². The van der Waals surface area contributed by atoms with Crippen molar-refractivity contribution in [3.8, 4) is 5.75 Å². The molecular formula is C13H15NO3S. The minimum Gasteiger partial charge on any atom is -0.484 e. The van der Waals surface area contributed by atoms with E-state index < -0.39 is 0 Å². The monoisotopic (exact) mass is 265 g/mol. The zero-order valence-electron chi connectivity index (χ0n) is 10.1. The molecule has 1 saturated heterocycles.